The number of hydrogen-bond donors (Lipinski definition) is 0. The number of ether oxygens (including phenoxy) is 2. The van der Waals surface area contributed by atoms with Gasteiger partial charge in [0.15, 0.2) is 0 Å². The highest BCUT2D eigenvalue weighted by Gasteiger charge is 2.25. The van der Waals surface area contributed by atoms with Crippen molar-refractivity contribution >= 4 is 6.29 Å². The Morgan fingerprint density at radius 1 is 1.53 bits per heavy atom. The fraction of sp³-hybridized carbons (Fsp3) is 0.500. The Balaban J connectivity index is 2.18. The standard InChI is InChI=1S/C14H18O3/c1-16-13-6-2-4-11(8-13)14(9-15)12-5-3-7-17-10-12/h2,4,6,8-9,12,14H,3,5,7,10H2,1H3. The Bertz CT molecular complexity index is 369. The summed E-state index contributed by atoms with van der Waals surface area (Å²) >= 11 is 0. The maximum absolute atomic E-state index is 11.3. The molecule has 0 aliphatic carbocycles. The van der Waals surface area contributed by atoms with Crippen LogP contribution in [0.2, 0.25) is 0 Å². The normalized spacial score (nSPS) is 21.8. The molecule has 0 N–H and O–H groups in total. The van der Waals surface area contributed by atoms with Crippen molar-refractivity contribution in [1.29, 1.82) is 0 Å². The summed E-state index contributed by atoms with van der Waals surface area (Å²) in [5.41, 5.74) is 1.02. The third-order valence-corrected chi connectivity index (χ3v) is 3.33. The summed E-state index contributed by atoms with van der Waals surface area (Å²) in [6.07, 6.45) is 3.13. The maximum atomic E-state index is 11.3. The fourth-order valence-corrected chi connectivity index (χ4v) is 2.36. The summed E-state index contributed by atoms with van der Waals surface area (Å²) < 4.78 is 10.6. The predicted octanol–water partition coefficient (Wildman–Crippen LogP) is 2.40. The van der Waals surface area contributed by atoms with Crippen LogP contribution < -0.4 is 4.74 Å². The molecule has 1 aromatic carbocycles. The first kappa shape index (κ1) is 12.1. The molecule has 0 spiro atoms. The van der Waals surface area contributed by atoms with Gasteiger partial charge in [-0.3, -0.25) is 0 Å². The lowest BCUT2D eigenvalue weighted by molar-refractivity contribution is -0.111. The number of aldehydes is 1. The van der Waals surface area contributed by atoms with E-state index >= 15 is 0 Å². The number of methoxy groups -OCH3 is 1. The first-order chi connectivity index (χ1) is 8.35. The minimum absolute atomic E-state index is 0.0783. The van der Waals surface area contributed by atoms with E-state index in [1.54, 1.807) is 7.11 Å². The first-order valence-electron chi connectivity index (χ1n) is 6.02. The van der Waals surface area contributed by atoms with Crippen LogP contribution in [0, 0.1) is 5.92 Å². The predicted molar refractivity (Wildman–Crippen MR) is 65.3 cm³/mol. The number of carbonyl (C=O) groups excluding carboxylic acids is 1. The summed E-state index contributed by atoms with van der Waals surface area (Å²) in [7, 11) is 1.64. The van der Waals surface area contributed by atoms with Crippen molar-refractivity contribution in [2.24, 2.45) is 5.92 Å². The summed E-state index contributed by atoms with van der Waals surface area (Å²) in [5.74, 6) is 1.02. The van der Waals surface area contributed by atoms with Crippen molar-refractivity contribution in [3.63, 3.8) is 0 Å². The minimum Gasteiger partial charge on any atom is -0.497 e. The van der Waals surface area contributed by atoms with Crippen LogP contribution in [0.3, 0.4) is 0 Å². The zero-order valence-electron chi connectivity index (χ0n) is 10.1. The molecule has 2 unspecified atom stereocenters. The van der Waals surface area contributed by atoms with Gasteiger partial charge in [0.05, 0.1) is 13.7 Å². The molecule has 0 bridgehead atoms. The van der Waals surface area contributed by atoms with Gasteiger partial charge in [-0.1, -0.05) is 12.1 Å². The maximum Gasteiger partial charge on any atom is 0.127 e. The molecule has 1 aliphatic heterocycles. The van der Waals surface area contributed by atoms with E-state index in [1.165, 1.54) is 0 Å². The van der Waals surface area contributed by atoms with Crippen LogP contribution in [0.25, 0.3) is 0 Å². The van der Waals surface area contributed by atoms with Gasteiger partial charge in [0.1, 0.15) is 12.0 Å². The van der Waals surface area contributed by atoms with Crippen molar-refractivity contribution < 1.29 is 14.3 Å². The molecule has 1 heterocycles. The lowest BCUT2D eigenvalue weighted by Crippen LogP contribution is -2.24. The van der Waals surface area contributed by atoms with E-state index in [4.69, 9.17) is 9.47 Å². The monoisotopic (exact) mass is 234 g/mol. The molecule has 3 nitrogen and oxygen atoms in total. The van der Waals surface area contributed by atoms with Crippen LogP contribution >= 0.6 is 0 Å². The summed E-state index contributed by atoms with van der Waals surface area (Å²) in [6.45, 7) is 1.50. The lowest BCUT2D eigenvalue weighted by atomic mass is 9.84. The molecule has 0 amide bonds. The van der Waals surface area contributed by atoms with E-state index in [9.17, 15) is 4.79 Å². The van der Waals surface area contributed by atoms with Crippen molar-refractivity contribution in [1.82, 2.24) is 0 Å². The highest BCUT2D eigenvalue weighted by Crippen LogP contribution is 2.30. The van der Waals surface area contributed by atoms with Gasteiger partial charge in [0.2, 0.25) is 0 Å². The number of carbonyl (C=O) groups is 1. The second-order valence-corrected chi connectivity index (χ2v) is 4.42. The summed E-state index contributed by atoms with van der Waals surface area (Å²) in [4.78, 5) is 11.3. The molecule has 2 rings (SSSR count). The molecule has 92 valence electrons. The Hall–Kier alpha value is -1.35. The number of hydrogen-bond acceptors (Lipinski definition) is 3. The van der Waals surface area contributed by atoms with E-state index in [0.29, 0.717) is 12.5 Å². The van der Waals surface area contributed by atoms with E-state index < -0.39 is 0 Å². The van der Waals surface area contributed by atoms with Crippen molar-refractivity contribution in [2.45, 2.75) is 18.8 Å². The second kappa shape index (κ2) is 5.82. The van der Waals surface area contributed by atoms with E-state index in [-0.39, 0.29) is 5.92 Å². The highest BCUT2D eigenvalue weighted by molar-refractivity contribution is 5.63. The van der Waals surface area contributed by atoms with Crippen LogP contribution in [0.4, 0.5) is 0 Å². The quantitative estimate of drug-likeness (QED) is 0.750. The molecule has 17 heavy (non-hydrogen) atoms. The van der Waals surface area contributed by atoms with Gasteiger partial charge in [0, 0.05) is 12.5 Å². The summed E-state index contributed by atoms with van der Waals surface area (Å²) in [5, 5.41) is 0. The minimum atomic E-state index is -0.0783. The van der Waals surface area contributed by atoms with Gasteiger partial charge < -0.3 is 14.3 Å². The zero-order chi connectivity index (χ0) is 12.1. The molecule has 1 fully saturated rings. The molecular weight excluding hydrogens is 216 g/mol. The fourth-order valence-electron chi connectivity index (χ4n) is 2.36. The molecule has 2 atom stereocenters. The van der Waals surface area contributed by atoms with Gasteiger partial charge in [-0.2, -0.15) is 0 Å². The number of benzene rings is 1. The number of rotatable bonds is 4. The molecule has 0 radical (unpaired) electrons. The smallest absolute Gasteiger partial charge is 0.127 e. The molecule has 0 aromatic heterocycles. The molecule has 3 heteroatoms. The average Bonchev–Trinajstić information content (AvgIpc) is 2.41. The van der Waals surface area contributed by atoms with Gasteiger partial charge in [-0.05, 0) is 36.5 Å². The van der Waals surface area contributed by atoms with Crippen molar-refractivity contribution in [2.75, 3.05) is 20.3 Å². The van der Waals surface area contributed by atoms with Crippen LogP contribution in [0.5, 0.6) is 5.75 Å². The largest absolute Gasteiger partial charge is 0.497 e. The first-order valence-corrected chi connectivity index (χ1v) is 6.02. The SMILES string of the molecule is COc1cccc(C(C=O)C2CCCOC2)c1. The Morgan fingerprint density at radius 3 is 3.06 bits per heavy atom. The third-order valence-electron chi connectivity index (χ3n) is 3.33. The highest BCUT2D eigenvalue weighted by atomic mass is 16.5. The molecule has 1 aromatic rings. The van der Waals surface area contributed by atoms with E-state index in [0.717, 1.165) is 37.0 Å². The lowest BCUT2D eigenvalue weighted by Gasteiger charge is -2.27. The Labute approximate surface area is 102 Å². The second-order valence-electron chi connectivity index (χ2n) is 4.42. The van der Waals surface area contributed by atoms with Gasteiger partial charge in [-0.15, -0.1) is 0 Å². The van der Waals surface area contributed by atoms with Gasteiger partial charge in [0.25, 0.3) is 0 Å². The van der Waals surface area contributed by atoms with Crippen LogP contribution in [0.1, 0.15) is 24.3 Å². The van der Waals surface area contributed by atoms with Crippen LogP contribution in [-0.4, -0.2) is 26.6 Å². The molecule has 1 saturated heterocycles. The topological polar surface area (TPSA) is 35.5 Å². The molecule has 0 saturated carbocycles. The zero-order valence-corrected chi connectivity index (χ0v) is 10.1. The Morgan fingerprint density at radius 2 is 2.41 bits per heavy atom. The van der Waals surface area contributed by atoms with Crippen molar-refractivity contribution in [3.8, 4) is 5.75 Å². The van der Waals surface area contributed by atoms with Crippen LogP contribution in [0.15, 0.2) is 24.3 Å². The molecular formula is C14H18O3. The summed E-state index contributed by atoms with van der Waals surface area (Å²) in [6, 6.07) is 7.74. The van der Waals surface area contributed by atoms with E-state index in [1.807, 2.05) is 24.3 Å². The van der Waals surface area contributed by atoms with Gasteiger partial charge >= 0.3 is 0 Å². The molecule has 1 aliphatic rings. The average molecular weight is 234 g/mol. The van der Waals surface area contributed by atoms with Crippen LogP contribution in [-0.2, 0) is 9.53 Å². The van der Waals surface area contributed by atoms with Gasteiger partial charge in [-0.25, -0.2) is 0 Å². The third kappa shape index (κ3) is 2.86. The Kier molecular flexibility index (Phi) is 4.15. The van der Waals surface area contributed by atoms with E-state index in [2.05, 4.69) is 0 Å². The van der Waals surface area contributed by atoms with Crippen molar-refractivity contribution in [3.05, 3.63) is 29.8 Å².